The van der Waals surface area contributed by atoms with Crippen LogP contribution in [0.1, 0.15) is 31.8 Å². The van der Waals surface area contributed by atoms with E-state index in [1.54, 1.807) is 11.3 Å². The standard InChI is InChI=1S/C18H22N4O3S/c1-11(2)9-21-16(23)17(24)22(18(21)25)10-20(4)12(3)15-19-13-7-5-6-8-14(13)26-15/h5-8,11-12H,9-10H2,1-4H3/p+1/t12-/m1/s1. The first kappa shape index (κ1) is 18.5. The first-order valence-electron chi connectivity index (χ1n) is 8.64. The zero-order valence-electron chi connectivity index (χ0n) is 15.4. The minimum atomic E-state index is -0.744. The van der Waals surface area contributed by atoms with Crippen LogP contribution >= 0.6 is 11.3 Å². The number of carbonyl (C=O) groups excluding carboxylic acids is 3. The molecule has 3 rings (SSSR count). The molecule has 1 aromatic carbocycles. The Morgan fingerprint density at radius 2 is 1.73 bits per heavy atom. The lowest BCUT2D eigenvalue weighted by Gasteiger charge is -2.24. The Morgan fingerprint density at radius 1 is 1.08 bits per heavy atom. The van der Waals surface area contributed by atoms with Gasteiger partial charge in [-0.2, -0.15) is 0 Å². The Labute approximate surface area is 156 Å². The van der Waals surface area contributed by atoms with Crippen LogP contribution in [0, 0.1) is 5.92 Å². The monoisotopic (exact) mass is 375 g/mol. The number of thiazole rings is 1. The highest BCUT2D eigenvalue weighted by Crippen LogP contribution is 2.24. The maximum Gasteiger partial charge on any atom is 0.338 e. The maximum absolute atomic E-state index is 12.5. The van der Waals surface area contributed by atoms with Crippen molar-refractivity contribution in [3.63, 3.8) is 0 Å². The van der Waals surface area contributed by atoms with E-state index in [0.29, 0.717) is 0 Å². The van der Waals surface area contributed by atoms with Crippen LogP contribution in [-0.2, 0) is 9.59 Å². The fraction of sp³-hybridized carbons (Fsp3) is 0.444. The van der Waals surface area contributed by atoms with E-state index in [0.717, 1.165) is 29.9 Å². The van der Waals surface area contributed by atoms with Gasteiger partial charge in [-0.1, -0.05) is 26.0 Å². The quantitative estimate of drug-likeness (QED) is 0.610. The molecule has 1 N–H and O–H groups in total. The number of hydrogen-bond donors (Lipinski definition) is 1. The summed E-state index contributed by atoms with van der Waals surface area (Å²) >= 11 is 1.61. The van der Waals surface area contributed by atoms with Gasteiger partial charge in [0.1, 0.15) is 6.04 Å². The first-order valence-corrected chi connectivity index (χ1v) is 9.46. The molecule has 0 aliphatic carbocycles. The Hall–Kier alpha value is -2.32. The van der Waals surface area contributed by atoms with Crippen molar-refractivity contribution in [2.24, 2.45) is 5.92 Å². The highest BCUT2D eigenvalue weighted by atomic mass is 32.1. The van der Waals surface area contributed by atoms with E-state index in [1.165, 1.54) is 0 Å². The van der Waals surface area contributed by atoms with E-state index in [2.05, 4.69) is 4.98 Å². The Balaban J connectivity index is 1.74. The largest absolute Gasteiger partial charge is 0.338 e. The van der Waals surface area contributed by atoms with Crippen molar-refractivity contribution >= 4 is 39.4 Å². The van der Waals surface area contributed by atoms with Crippen molar-refractivity contribution in [1.29, 1.82) is 0 Å². The lowest BCUT2D eigenvalue weighted by molar-refractivity contribution is -0.917. The molecule has 7 nitrogen and oxygen atoms in total. The summed E-state index contributed by atoms with van der Waals surface area (Å²) in [4.78, 5) is 44.5. The second-order valence-electron chi connectivity index (χ2n) is 7.07. The molecule has 0 spiro atoms. The van der Waals surface area contributed by atoms with Gasteiger partial charge in [-0.05, 0) is 25.0 Å². The third-order valence-electron chi connectivity index (χ3n) is 4.51. The zero-order valence-corrected chi connectivity index (χ0v) is 16.2. The number of amides is 4. The van der Waals surface area contributed by atoms with Crippen molar-refractivity contribution in [2.75, 3.05) is 20.3 Å². The summed E-state index contributed by atoms with van der Waals surface area (Å²) in [7, 11) is 1.90. The average molecular weight is 375 g/mol. The molecule has 2 atom stereocenters. The molecule has 138 valence electrons. The molecule has 0 radical (unpaired) electrons. The fourth-order valence-corrected chi connectivity index (χ4v) is 4.00. The SMILES string of the molecule is CC(C)CN1C(=O)C(=O)N(C[NH+](C)[C@H](C)c2nc3ccccc3s2)C1=O. The van der Waals surface area contributed by atoms with Crippen LogP contribution in [0.2, 0.25) is 0 Å². The molecule has 2 heterocycles. The van der Waals surface area contributed by atoms with Crippen LogP contribution in [0.15, 0.2) is 24.3 Å². The maximum atomic E-state index is 12.5. The molecule has 1 unspecified atom stereocenters. The Bertz CT molecular complexity index is 830. The number of fused-ring (bicyclic) bond motifs is 1. The van der Waals surface area contributed by atoms with Crippen molar-refractivity contribution in [3.8, 4) is 0 Å². The van der Waals surface area contributed by atoms with Crippen molar-refractivity contribution < 1.29 is 19.3 Å². The summed E-state index contributed by atoms with van der Waals surface area (Å²) in [5, 5.41) is 0.938. The minimum Gasteiger partial charge on any atom is -0.312 e. The number of nitrogens with zero attached hydrogens (tertiary/aromatic N) is 3. The van der Waals surface area contributed by atoms with E-state index in [1.807, 2.05) is 52.1 Å². The predicted octanol–water partition coefficient (Wildman–Crippen LogP) is 1.28. The van der Waals surface area contributed by atoms with E-state index >= 15 is 0 Å². The molecule has 26 heavy (non-hydrogen) atoms. The second kappa shape index (κ2) is 7.13. The van der Waals surface area contributed by atoms with Gasteiger partial charge in [-0.25, -0.2) is 14.7 Å². The molecular formula is C18H23N4O3S+. The lowest BCUT2D eigenvalue weighted by atomic mass is 10.2. The van der Waals surface area contributed by atoms with Gasteiger partial charge in [0.15, 0.2) is 11.7 Å². The van der Waals surface area contributed by atoms with Gasteiger partial charge < -0.3 is 4.90 Å². The zero-order chi connectivity index (χ0) is 19.0. The van der Waals surface area contributed by atoms with Gasteiger partial charge >= 0.3 is 17.8 Å². The van der Waals surface area contributed by atoms with Gasteiger partial charge in [0.05, 0.1) is 17.3 Å². The summed E-state index contributed by atoms with van der Waals surface area (Å²) in [6, 6.07) is 7.37. The summed E-state index contributed by atoms with van der Waals surface area (Å²) in [5.74, 6) is -1.36. The highest BCUT2D eigenvalue weighted by Gasteiger charge is 2.46. The van der Waals surface area contributed by atoms with Crippen LogP contribution in [0.4, 0.5) is 4.79 Å². The van der Waals surface area contributed by atoms with E-state index < -0.39 is 17.8 Å². The molecule has 8 heteroatoms. The smallest absolute Gasteiger partial charge is 0.312 e. The molecule has 1 aliphatic heterocycles. The van der Waals surface area contributed by atoms with Crippen LogP contribution in [-0.4, -0.2) is 52.9 Å². The predicted molar refractivity (Wildman–Crippen MR) is 98.6 cm³/mol. The number of aromatic nitrogens is 1. The summed E-state index contributed by atoms with van der Waals surface area (Å²) in [5.41, 5.74) is 0.943. The normalized spacial score (nSPS) is 17.7. The average Bonchev–Trinajstić information content (AvgIpc) is 3.12. The number of para-hydroxylation sites is 1. The molecule has 0 saturated carbocycles. The van der Waals surface area contributed by atoms with Gasteiger partial charge in [-0.15, -0.1) is 11.3 Å². The third-order valence-corrected chi connectivity index (χ3v) is 5.73. The number of hydrogen-bond acceptors (Lipinski definition) is 5. The molecular weight excluding hydrogens is 352 g/mol. The molecule has 1 aromatic heterocycles. The summed E-state index contributed by atoms with van der Waals surface area (Å²) < 4.78 is 1.11. The minimum absolute atomic E-state index is 0.0118. The number of benzene rings is 1. The van der Waals surface area contributed by atoms with Crippen molar-refractivity contribution in [2.45, 2.75) is 26.8 Å². The number of urea groups is 1. The van der Waals surface area contributed by atoms with Gasteiger partial charge in [-0.3, -0.25) is 14.5 Å². The molecule has 1 aliphatic rings. The number of nitrogens with one attached hydrogen (secondary N) is 1. The van der Waals surface area contributed by atoms with Crippen molar-refractivity contribution in [3.05, 3.63) is 29.3 Å². The second-order valence-corrected chi connectivity index (χ2v) is 8.13. The van der Waals surface area contributed by atoms with E-state index in [4.69, 9.17) is 0 Å². The van der Waals surface area contributed by atoms with Crippen molar-refractivity contribution in [1.82, 2.24) is 14.8 Å². The molecule has 1 saturated heterocycles. The van der Waals surface area contributed by atoms with E-state index in [-0.39, 0.29) is 25.2 Å². The fourth-order valence-electron chi connectivity index (χ4n) is 2.89. The lowest BCUT2D eigenvalue weighted by Crippen LogP contribution is -3.10. The van der Waals surface area contributed by atoms with Crippen LogP contribution in [0.5, 0.6) is 0 Å². The first-order chi connectivity index (χ1) is 12.3. The van der Waals surface area contributed by atoms with Crippen LogP contribution in [0.3, 0.4) is 0 Å². The molecule has 4 amide bonds. The Morgan fingerprint density at radius 3 is 2.38 bits per heavy atom. The molecule has 0 bridgehead atoms. The topological polar surface area (TPSA) is 75.0 Å². The summed E-state index contributed by atoms with van der Waals surface area (Å²) in [6.45, 7) is 6.20. The number of carbonyl (C=O) groups is 3. The molecule has 2 aromatic rings. The molecule has 1 fully saturated rings. The van der Waals surface area contributed by atoms with Gasteiger partial charge in [0.25, 0.3) is 0 Å². The van der Waals surface area contributed by atoms with E-state index in [9.17, 15) is 14.4 Å². The van der Waals surface area contributed by atoms with Gasteiger partial charge in [0.2, 0.25) is 0 Å². The number of imide groups is 2. The third kappa shape index (κ3) is 3.34. The highest BCUT2D eigenvalue weighted by molar-refractivity contribution is 7.18. The van der Waals surface area contributed by atoms with Crippen LogP contribution in [0.25, 0.3) is 10.2 Å². The van der Waals surface area contributed by atoms with Gasteiger partial charge in [0, 0.05) is 6.54 Å². The summed E-state index contributed by atoms with van der Waals surface area (Å²) in [6.07, 6.45) is 0. The number of quaternary nitrogens is 1. The number of rotatable bonds is 6. The Kier molecular flexibility index (Phi) is 5.06. The van der Waals surface area contributed by atoms with Crippen LogP contribution < -0.4 is 4.90 Å².